The van der Waals surface area contributed by atoms with E-state index in [-0.39, 0.29) is 0 Å². The first-order valence-electron chi connectivity index (χ1n) is 11.1. The number of benzene rings is 2. The zero-order chi connectivity index (χ0) is 21.3. The van der Waals surface area contributed by atoms with Crippen molar-refractivity contribution in [3.8, 4) is 0 Å². The van der Waals surface area contributed by atoms with E-state index in [4.69, 9.17) is 17.0 Å². The molecule has 1 heterocycles. The second-order valence-corrected chi connectivity index (χ2v) is 8.45. The van der Waals surface area contributed by atoms with Crippen LogP contribution in [0.25, 0.3) is 0 Å². The summed E-state index contributed by atoms with van der Waals surface area (Å²) < 4.78 is 5.27. The summed E-state index contributed by atoms with van der Waals surface area (Å²) in [6.07, 6.45) is 4.54. The van der Waals surface area contributed by atoms with Gasteiger partial charge in [0.05, 0.1) is 0 Å². The van der Waals surface area contributed by atoms with Gasteiger partial charge in [-0.25, -0.2) is 0 Å². The van der Waals surface area contributed by atoms with E-state index in [0.717, 1.165) is 43.5 Å². The molecule has 4 nitrogen and oxygen atoms in total. The number of fused-ring (bicyclic) bond motifs is 1. The number of hydrogen-bond donors (Lipinski definition) is 1. The first-order valence-corrected chi connectivity index (χ1v) is 11.5. The molecule has 0 unspecified atom stereocenters. The summed E-state index contributed by atoms with van der Waals surface area (Å²) in [6, 6.07) is 15.2. The normalized spacial score (nSPS) is 13.1. The smallest absolute Gasteiger partial charge is 0.173 e. The maximum absolute atomic E-state index is 5.81. The highest BCUT2D eigenvalue weighted by atomic mass is 32.1. The van der Waals surface area contributed by atoms with Gasteiger partial charge in [0.2, 0.25) is 0 Å². The Morgan fingerprint density at radius 3 is 2.83 bits per heavy atom. The first kappa shape index (κ1) is 22.6. The standard InChI is InChI=1S/C25H35N3OS/c1-4-14-27-15-7-10-22-18-21(12-13-24(22)27)19-28(16-8-17-29-3)25(30)26-23-11-6-5-9-20(23)2/h5-6,9,11-13,18H,4,7-8,10,14-17,19H2,1-3H3,(H,26,30). The molecule has 3 rings (SSSR count). The Morgan fingerprint density at radius 1 is 1.23 bits per heavy atom. The van der Waals surface area contributed by atoms with Gasteiger partial charge in [-0.1, -0.05) is 37.3 Å². The maximum Gasteiger partial charge on any atom is 0.173 e. The van der Waals surface area contributed by atoms with E-state index in [1.54, 1.807) is 7.11 Å². The molecule has 1 aliphatic heterocycles. The predicted molar refractivity (Wildman–Crippen MR) is 132 cm³/mol. The first-order chi connectivity index (χ1) is 14.6. The number of nitrogens with zero attached hydrogens (tertiary/aromatic N) is 2. The molecule has 0 fully saturated rings. The van der Waals surface area contributed by atoms with Crippen LogP contribution in [-0.2, 0) is 17.7 Å². The van der Waals surface area contributed by atoms with Crippen molar-refractivity contribution in [3.63, 3.8) is 0 Å². The monoisotopic (exact) mass is 425 g/mol. The van der Waals surface area contributed by atoms with E-state index in [1.165, 1.54) is 48.2 Å². The van der Waals surface area contributed by atoms with Crippen LogP contribution in [0.3, 0.4) is 0 Å². The average molecular weight is 426 g/mol. The number of thiocarbonyl (C=S) groups is 1. The SMILES string of the molecule is CCCN1CCCc2cc(CN(CCCOC)C(=S)Nc3ccccc3C)ccc21. The molecule has 0 amide bonds. The van der Waals surface area contributed by atoms with Crippen molar-refractivity contribution in [2.45, 2.75) is 46.1 Å². The number of anilines is 2. The Morgan fingerprint density at radius 2 is 2.07 bits per heavy atom. The van der Waals surface area contributed by atoms with Gasteiger partial charge in [0.15, 0.2) is 5.11 Å². The molecule has 0 aliphatic carbocycles. The number of rotatable bonds is 9. The average Bonchev–Trinajstić information content (AvgIpc) is 2.75. The Kier molecular flexibility index (Phi) is 8.52. The molecule has 1 N–H and O–H groups in total. The van der Waals surface area contributed by atoms with Crippen LogP contribution in [0.2, 0.25) is 0 Å². The molecule has 0 aromatic heterocycles. The van der Waals surface area contributed by atoms with Crippen LogP contribution < -0.4 is 10.2 Å². The number of aryl methyl sites for hydroxylation is 2. The van der Waals surface area contributed by atoms with Gasteiger partial charge in [-0.3, -0.25) is 0 Å². The van der Waals surface area contributed by atoms with Crippen LogP contribution in [-0.4, -0.2) is 43.4 Å². The number of nitrogens with one attached hydrogen (secondary N) is 1. The lowest BCUT2D eigenvalue weighted by atomic mass is 9.99. The highest BCUT2D eigenvalue weighted by molar-refractivity contribution is 7.80. The molecule has 0 bridgehead atoms. The Hall–Kier alpha value is -2.11. The number of para-hydroxylation sites is 1. The van der Waals surface area contributed by atoms with E-state index in [1.807, 2.05) is 6.07 Å². The largest absolute Gasteiger partial charge is 0.385 e. The summed E-state index contributed by atoms with van der Waals surface area (Å²) in [6.45, 7) is 9.08. The molecule has 0 spiro atoms. The fourth-order valence-electron chi connectivity index (χ4n) is 4.11. The van der Waals surface area contributed by atoms with Crippen molar-refractivity contribution < 1.29 is 4.74 Å². The van der Waals surface area contributed by atoms with Gasteiger partial charge >= 0.3 is 0 Å². The molecule has 0 atom stereocenters. The van der Waals surface area contributed by atoms with E-state index < -0.39 is 0 Å². The van der Waals surface area contributed by atoms with Gasteiger partial charge in [0.1, 0.15) is 0 Å². The van der Waals surface area contributed by atoms with Gasteiger partial charge < -0.3 is 19.9 Å². The van der Waals surface area contributed by atoms with Crippen molar-refractivity contribution >= 4 is 28.7 Å². The van der Waals surface area contributed by atoms with E-state index in [0.29, 0.717) is 0 Å². The number of methoxy groups -OCH3 is 1. The summed E-state index contributed by atoms with van der Waals surface area (Å²) in [7, 11) is 1.75. The highest BCUT2D eigenvalue weighted by Crippen LogP contribution is 2.28. The highest BCUT2D eigenvalue weighted by Gasteiger charge is 2.18. The molecule has 30 heavy (non-hydrogen) atoms. The second kappa shape index (κ2) is 11.3. The van der Waals surface area contributed by atoms with E-state index in [9.17, 15) is 0 Å². The Labute approximate surface area is 187 Å². The predicted octanol–water partition coefficient (Wildman–Crippen LogP) is 5.39. The molecule has 5 heteroatoms. The fourth-order valence-corrected chi connectivity index (χ4v) is 4.37. The van der Waals surface area contributed by atoms with Gasteiger partial charge in [-0.05, 0) is 73.6 Å². The zero-order valence-electron chi connectivity index (χ0n) is 18.6. The molecule has 0 radical (unpaired) electrons. The summed E-state index contributed by atoms with van der Waals surface area (Å²) in [5.74, 6) is 0. The summed E-state index contributed by atoms with van der Waals surface area (Å²) in [5, 5.41) is 4.22. The number of ether oxygens (including phenoxy) is 1. The van der Waals surface area contributed by atoms with Crippen LogP contribution in [0.15, 0.2) is 42.5 Å². The second-order valence-electron chi connectivity index (χ2n) is 8.07. The summed E-state index contributed by atoms with van der Waals surface area (Å²) in [5.41, 5.74) is 6.47. The minimum atomic E-state index is 0.736. The topological polar surface area (TPSA) is 27.7 Å². The van der Waals surface area contributed by atoms with Crippen LogP contribution in [0.1, 0.15) is 42.9 Å². The molecular weight excluding hydrogens is 390 g/mol. The lowest BCUT2D eigenvalue weighted by Gasteiger charge is -2.32. The van der Waals surface area contributed by atoms with Crippen molar-refractivity contribution in [2.75, 3.05) is 43.6 Å². The minimum absolute atomic E-state index is 0.736. The third-order valence-corrected chi connectivity index (χ3v) is 6.04. The van der Waals surface area contributed by atoms with Gasteiger partial charge in [0, 0.05) is 51.3 Å². The van der Waals surface area contributed by atoms with Crippen molar-refractivity contribution in [3.05, 3.63) is 59.2 Å². The molecule has 162 valence electrons. The van der Waals surface area contributed by atoms with Gasteiger partial charge in [-0.2, -0.15) is 0 Å². The zero-order valence-corrected chi connectivity index (χ0v) is 19.4. The quantitative estimate of drug-likeness (QED) is 0.429. The summed E-state index contributed by atoms with van der Waals surface area (Å²) in [4.78, 5) is 4.79. The van der Waals surface area contributed by atoms with Crippen molar-refractivity contribution in [2.24, 2.45) is 0 Å². The van der Waals surface area contributed by atoms with Crippen LogP contribution in [0.5, 0.6) is 0 Å². The molecule has 2 aromatic carbocycles. The molecule has 0 saturated heterocycles. The lowest BCUT2D eigenvalue weighted by Crippen LogP contribution is -2.36. The molecule has 1 aliphatic rings. The van der Waals surface area contributed by atoms with E-state index in [2.05, 4.69) is 65.4 Å². The van der Waals surface area contributed by atoms with Crippen LogP contribution in [0.4, 0.5) is 11.4 Å². The number of hydrogen-bond acceptors (Lipinski definition) is 3. The molecule has 2 aromatic rings. The molecule has 0 saturated carbocycles. The summed E-state index contributed by atoms with van der Waals surface area (Å²) >= 11 is 5.81. The van der Waals surface area contributed by atoms with Crippen molar-refractivity contribution in [1.29, 1.82) is 0 Å². The lowest BCUT2D eigenvalue weighted by molar-refractivity contribution is 0.185. The Balaban J connectivity index is 1.74. The minimum Gasteiger partial charge on any atom is -0.385 e. The van der Waals surface area contributed by atoms with E-state index >= 15 is 0 Å². The Bertz CT molecular complexity index is 839. The molecular formula is C25H35N3OS. The fraction of sp³-hybridized carbons (Fsp3) is 0.480. The van der Waals surface area contributed by atoms with Crippen molar-refractivity contribution in [1.82, 2.24) is 4.90 Å². The van der Waals surface area contributed by atoms with Gasteiger partial charge in [0.25, 0.3) is 0 Å². The third kappa shape index (κ3) is 5.96. The van der Waals surface area contributed by atoms with Gasteiger partial charge in [-0.15, -0.1) is 0 Å². The van der Waals surface area contributed by atoms with Crippen LogP contribution in [0, 0.1) is 6.92 Å². The maximum atomic E-state index is 5.81. The van der Waals surface area contributed by atoms with Crippen LogP contribution >= 0.6 is 12.2 Å². The third-order valence-electron chi connectivity index (χ3n) is 5.68.